The summed E-state index contributed by atoms with van der Waals surface area (Å²) in [6.07, 6.45) is 0. The van der Waals surface area contributed by atoms with Gasteiger partial charge in [0, 0.05) is 12.1 Å². The summed E-state index contributed by atoms with van der Waals surface area (Å²) in [5.74, 6) is -0.261. The van der Waals surface area contributed by atoms with E-state index in [1.807, 2.05) is 6.92 Å². The molecule has 1 N–H and O–H groups in total. The SMILES string of the molecule is CCNC(=O)c1oc2ccccc2c(=O)c1C. The predicted molar refractivity (Wildman–Crippen MR) is 65.2 cm³/mol. The largest absolute Gasteiger partial charge is 0.450 e. The van der Waals surface area contributed by atoms with Crippen molar-refractivity contribution in [3.05, 3.63) is 45.8 Å². The lowest BCUT2D eigenvalue weighted by Crippen LogP contribution is -2.25. The molecule has 1 aromatic carbocycles. The van der Waals surface area contributed by atoms with Crippen LogP contribution in [0.4, 0.5) is 0 Å². The number of para-hydroxylation sites is 1. The van der Waals surface area contributed by atoms with E-state index >= 15 is 0 Å². The Morgan fingerprint density at radius 3 is 2.76 bits per heavy atom. The van der Waals surface area contributed by atoms with Gasteiger partial charge in [-0.1, -0.05) is 12.1 Å². The molecule has 0 aliphatic heterocycles. The van der Waals surface area contributed by atoms with Crippen LogP contribution in [0.5, 0.6) is 0 Å². The van der Waals surface area contributed by atoms with E-state index < -0.39 is 0 Å². The Morgan fingerprint density at radius 1 is 1.35 bits per heavy atom. The highest BCUT2D eigenvalue weighted by atomic mass is 16.3. The first-order valence-corrected chi connectivity index (χ1v) is 5.45. The zero-order valence-corrected chi connectivity index (χ0v) is 9.74. The molecule has 1 aromatic heterocycles. The summed E-state index contributed by atoms with van der Waals surface area (Å²) in [4.78, 5) is 23.7. The van der Waals surface area contributed by atoms with Gasteiger partial charge < -0.3 is 9.73 Å². The summed E-state index contributed by atoms with van der Waals surface area (Å²) in [7, 11) is 0. The number of amides is 1. The maximum Gasteiger partial charge on any atom is 0.287 e. The average Bonchev–Trinajstić information content (AvgIpc) is 2.34. The maximum absolute atomic E-state index is 12.0. The molecular formula is C13H13NO3. The first kappa shape index (κ1) is 11.4. The second-order valence-corrected chi connectivity index (χ2v) is 3.74. The quantitative estimate of drug-likeness (QED) is 0.858. The average molecular weight is 231 g/mol. The molecule has 4 heteroatoms. The van der Waals surface area contributed by atoms with Crippen LogP contribution in [0.25, 0.3) is 11.0 Å². The number of nitrogens with one attached hydrogen (secondary N) is 1. The molecule has 0 unspecified atom stereocenters. The van der Waals surface area contributed by atoms with Crippen LogP contribution in [0.2, 0.25) is 0 Å². The minimum absolute atomic E-state index is 0.0931. The fourth-order valence-electron chi connectivity index (χ4n) is 1.69. The van der Waals surface area contributed by atoms with Crippen LogP contribution in [0.15, 0.2) is 33.5 Å². The van der Waals surface area contributed by atoms with E-state index in [0.717, 1.165) is 0 Å². The zero-order valence-electron chi connectivity index (χ0n) is 9.74. The molecule has 88 valence electrons. The second-order valence-electron chi connectivity index (χ2n) is 3.74. The molecule has 0 saturated heterocycles. The minimum Gasteiger partial charge on any atom is -0.450 e. The fourth-order valence-corrected chi connectivity index (χ4v) is 1.69. The number of carbonyl (C=O) groups excluding carboxylic acids is 1. The Kier molecular flexibility index (Phi) is 2.95. The monoisotopic (exact) mass is 231 g/mol. The van der Waals surface area contributed by atoms with Crippen LogP contribution in [0.3, 0.4) is 0 Å². The van der Waals surface area contributed by atoms with Crippen LogP contribution in [0, 0.1) is 6.92 Å². The van der Waals surface area contributed by atoms with Crippen molar-refractivity contribution in [2.45, 2.75) is 13.8 Å². The Hall–Kier alpha value is -2.10. The highest BCUT2D eigenvalue weighted by molar-refractivity contribution is 5.94. The summed E-state index contributed by atoms with van der Waals surface area (Å²) in [6.45, 7) is 3.91. The molecule has 4 nitrogen and oxygen atoms in total. The minimum atomic E-state index is -0.354. The Labute approximate surface area is 98.3 Å². The summed E-state index contributed by atoms with van der Waals surface area (Å²) in [5.41, 5.74) is 0.618. The first-order valence-electron chi connectivity index (χ1n) is 5.45. The highest BCUT2D eigenvalue weighted by Gasteiger charge is 2.16. The van der Waals surface area contributed by atoms with Crippen LogP contribution in [0.1, 0.15) is 23.0 Å². The number of hydrogen-bond acceptors (Lipinski definition) is 3. The van der Waals surface area contributed by atoms with E-state index in [1.54, 1.807) is 31.2 Å². The Morgan fingerprint density at radius 2 is 2.06 bits per heavy atom. The third kappa shape index (κ3) is 1.93. The van der Waals surface area contributed by atoms with Crippen molar-refractivity contribution in [2.75, 3.05) is 6.54 Å². The van der Waals surface area contributed by atoms with E-state index in [-0.39, 0.29) is 17.1 Å². The van der Waals surface area contributed by atoms with Crippen molar-refractivity contribution in [2.24, 2.45) is 0 Å². The lowest BCUT2D eigenvalue weighted by Gasteiger charge is -2.06. The van der Waals surface area contributed by atoms with E-state index in [9.17, 15) is 9.59 Å². The van der Waals surface area contributed by atoms with E-state index in [0.29, 0.717) is 23.1 Å². The fraction of sp³-hybridized carbons (Fsp3) is 0.231. The number of benzene rings is 1. The third-order valence-corrected chi connectivity index (χ3v) is 2.57. The van der Waals surface area contributed by atoms with Gasteiger partial charge in [-0.3, -0.25) is 9.59 Å². The zero-order chi connectivity index (χ0) is 12.4. The third-order valence-electron chi connectivity index (χ3n) is 2.57. The molecule has 0 fully saturated rings. The van der Waals surface area contributed by atoms with Gasteiger partial charge in [0.15, 0.2) is 11.2 Å². The number of hydrogen-bond donors (Lipinski definition) is 1. The Balaban J connectivity index is 2.70. The van der Waals surface area contributed by atoms with Gasteiger partial charge >= 0.3 is 0 Å². The number of carbonyl (C=O) groups is 1. The first-order chi connectivity index (χ1) is 8.15. The molecule has 2 aromatic rings. The smallest absolute Gasteiger partial charge is 0.287 e. The van der Waals surface area contributed by atoms with Gasteiger partial charge in [-0.15, -0.1) is 0 Å². The molecule has 0 bridgehead atoms. The van der Waals surface area contributed by atoms with Gasteiger partial charge in [0.05, 0.1) is 5.39 Å². The molecular weight excluding hydrogens is 218 g/mol. The van der Waals surface area contributed by atoms with Gasteiger partial charge in [0.2, 0.25) is 0 Å². The van der Waals surface area contributed by atoms with Crippen molar-refractivity contribution in [3.63, 3.8) is 0 Å². The van der Waals surface area contributed by atoms with Crippen LogP contribution >= 0.6 is 0 Å². The topological polar surface area (TPSA) is 59.3 Å². The van der Waals surface area contributed by atoms with Crippen molar-refractivity contribution in [3.8, 4) is 0 Å². The van der Waals surface area contributed by atoms with E-state index in [1.165, 1.54) is 0 Å². The summed E-state index contributed by atoms with van der Waals surface area (Å²) < 4.78 is 5.48. The summed E-state index contributed by atoms with van der Waals surface area (Å²) in [5, 5.41) is 3.12. The van der Waals surface area contributed by atoms with Crippen molar-refractivity contribution in [1.82, 2.24) is 5.32 Å². The lowest BCUT2D eigenvalue weighted by molar-refractivity contribution is 0.0927. The van der Waals surface area contributed by atoms with Crippen molar-refractivity contribution >= 4 is 16.9 Å². The predicted octanol–water partition coefficient (Wildman–Crippen LogP) is 1.85. The van der Waals surface area contributed by atoms with Gasteiger partial charge in [-0.2, -0.15) is 0 Å². The number of fused-ring (bicyclic) bond motifs is 1. The van der Waals surface area contributed by atoms with Crippen molar-refractivity contribution < 1.29 is 9.21 Å². The summed E-state index contributed by atoms with van der Waals surface area (Å²) >= 11 is 0. The second kappa shape index (κ2) is 4.41. The van der Waals surface area contributed by atoms with Crippen LogP contribution in [-0.2, 0) is 0 Å². The molecule has 17 heavy (non-hydrogen) atoms. The molecule has 0 saturated carbocycles. The van der Waals surface area contributed by atoms with Crippen LogP contribution < -0.4 is 10.7 Å². The normalized spacial score (nSPS) is 10.5. The van der Waals surface area contributed by atoms with E-state index in [4.69, 9.17) is 4.42 Å². The van der Waals surface area contributed by atoms with Gasteiger partial charge in [-0.25, -0.2) is 0 Å². The van der Waals surface area contributed by atoms with Gasteiger partial charge in [-0.05, 0) is 26.0 Å². The number of rotatable bonds is 2. The molecule has 0 spiro atoms. The standard InChI is InChI=1S/C13H13NO3/c1-3-14-13(16)12-8(2)11(15)9-6-4-5-7-10(9)17-12/h4-7H,3H2,1-2H3,(H,14,16). The molecule has 0 aliphatic rings. The van der Waals surface area contributed by atoms with Gasteiger partial charge in [0.25, 0.3) is 5.91 Å². The van der Waals surface area contributed by atoms with E-state index in [2.05, 4.69) is 5.32 Å². The molecule has 0 radical (unpaired) electrons. The van der Waals surface area contributed by atoms with Crippen molar-refractivity contribution in [1.29, 1.82) is 0 Å². The molecule has 0 atom stereocenters. The lowest BCUT2D eigenvalue weighted by atomic mass is 10.1. The highest BCUT2D eigenvalue weighted by Crippen LogP contribution is 2.14. The molecule has 2 rings (SSSR count). The molecule has 0 aliphatic carbocycles. The van der Waals surface area contributed by atoms with Crippen LogP contribution in [-0.4, -0.2) is 12.5 Å². The molecule has 1 amide bonds. The van der Waals surface area contributed by atoms with Gasteiger partial charge in [0.1, 0.15) is 5.58 Å². The maximum atomic E-state index is 12.0. The Bertz CT molecular complexity index is 628. The molecule has 1 heterocycles. The summed E-state index contributed by atoms with van der Waals surface area (Å²) in [6, 6.07) is 6.90.